The molecule has 3 rings (SSSR count). The van der Waals surface area contributed by atoms with Gasteiger partial charge in [0, 0.05) is 0 Å². The van der Waals surface area contributed by atoms with Gasteiger partial charge in [-0.3, -0.25) is 0 Å². The first kappa shape index (κ1) is 15.3. The molecule has 0 nitrogen and oxygen atoms in total. The summed E-state index contributed by atoms with van der Waals surface area (Å²) in [5, 5.41) is 0. The Kier molecular flexibility index (Phi) is 4.97. The molecule has 22 heavy (non-hydrogen) atoms. The van der Waals surface area contributed by atoms with Gasteiger partial charge in [0.05, 0.1) is 0 Å². The smallest absolute Gasteiger partial charge is 0.0184 e. The van der Waals surface area contributed by atoms with E-state index in [4.69, 9.17) is 0 Å². The molecule has 0 aliphatic heterocycles. The Morgan fingerprint density at radius 3 is 1.91 bits per heavy atom. The largest absolute Gasteiger partial charge is 0.0625 e. The summed E-state index contributed by atoms with van der Waals surface area (Å²) >= 11 is 0. The maximum Gasteiger partial charge on any atom is -0.0184 e. The van der Waals surface area contributed by atoms with Crippen molar-refractivity contribution in [3.8, 4) is 11.1 Å². The van der Waals surface area contributed by atoms with E-state index in [2.05, 4.69) is 62.4 Å². The van der Waals surface area contributed by atoms with Gasteiger partial charge >= 0.3 is 0 Å². The molecule has 0 bridgehead atoms. The van der Waals surface area contributed by atoms with Crippen molar-refractivity contribution in [3.63, 3.8) is 0 Å². The van der Waals surface area contributed by atoms with Crippen LogP contribution in [0.3, 0.4) is 0 Å². The van der Waals surface area contributed by atoms with Crippen LogP contribution in [0.4, 0.5) is 0 Å². The summed E-state index contributed by atoms with van der Waals surface area (Å²) < 4.78 is 0. The lowest BCUT2D eigenvalue weighted by molar-refractivity contribution is 0.278. The molecule has 0 saturated heterocycles. The first-order valence-corrected chi connectivity index (χ1v) is 8.86. The van der Waals surface area contributed by atoms with Crippen LogP contribution in [-0.2, 0) is 6.42 Å². The fraction of sp³-hybridized carbons (Fsp3) is 0.455. The average Bonchev–Trinajstić information content (AvgIpc) is 2.56. The molecule has 0 amide bonds. The Morgan fingerprint density at radius 2 is 1.32 bits per heavy atom. The third kappa shape index (κ3) is 4.00. The van der Waals surface area contributed by atoms with Gasteiger partial charge in [0.25, 0.3) is 0 Å². The lowest BCUT2D eigenvalue weighted by Crippen LogP contribution is -2.12. The molecule has 0 atom stereocenters. The predicted octanol–water partition coefficient (Wildman–Crippen LogP) is 6.42. The zero-order valence-electron chi connectivity index (χ0n) is 14.0. The summed E-state index contributed by atoms with van der Waals surface area (Å²) in [6.45, 7) is 4.54. The minimum atomic E-state index is 0.963. The second-order valence-corrected chi connectivity index (χ2v) is 7.23. The van der Waals surface area contributed by atoms with Gasteiger partial charge in [0.15, 0.2) is 0 Å². The van der Waals surface area contributed by atoms with Gasteiger partial charge in [-0.15, -0.1) is 0 Å². The fourth-order valence-corrected chi connectivity index (χ4v) is 3.60. The van der Waals surface area contributed by atoms with Crippen molar-refractivity contribution >= 4 is 0 Å². The van der Waals surface area contributed by atoms with E-state index in [0.717, 1.165) is 11.8 Å². The molecule has 0 radical (unpaired) electrons. The molecule has 116 valence electrons. The Labute approximate surface area is 135 Å². The highest BCUT2D eigenvalue weighted by atomic mass is 14.2. The van der Waals surface area contributed by atoms with Gasteiger partial charge in [-0.2, -0.15) is 0 Å². The van der Waals surface area contributed by atoms with Crippen molar-refractivity contribution in [3.05, 3.63) is 59.7 Å². The van der Waals surface area contributed by atoms with Crippen molar-refractivity contribution in [2.24, 2.45) is 11.8 Å². The van der Waals surface area contributed by atoms with E-state index in [0.29, 0.717) is 0 Å². The molecule has 0 spiro atoms. The molecule has 2 aromatic rings. The van der Waals surface area contributed by atoms with E-state index < -0.39 is 0 Å². The van der Waals surface area contributed by atoms with E-state index in [1.807, 2.05) is 0 Å². The summed E-state index contributed by atoms with van der Waals surface area (Å²) in [5.41, 5.74) is 5.46. The molecular formula is C22H28. The van der Waals surface area contributed by atoms with Crippen molar-refractivity contribution in [2.75, 3.05) is 0 Å². The molecule has 1 fully saturated rings. The molecule has 0 aromatic heterocycles. The molecule has 1 aliphatic carbocycles. The van der Waals surface area contributed by atoms with Gasteiger partial charge in [0.1, 0.15) is 0 Å². The van der Waals surface area contributed by atoms with E-state index in [1.54, 1.807) is 0 Å². The van der Waals surface area contributed by atoms with E-state index in [1.165, 1.54) is 60.8 Å². The summed E-state index contributed by atoms with van der Waals surface area (Å²) in [7, 11) is 0. The van der Waals surface area contributed by atoms with Crippen LogP contribution in [0.15, 0.2) is 48.5 Å². The van der Waals surface area contributed by atoms with Crippen LogP contribution >= 0.6 is 0 Å². The fourth-order valence-electron chi connectivity index (χ4n) is 3.60. The zero-order chi connectivity index (χ0) is 15.4. The van der Waals surface area contributed by atoms with Crippen LogP contribution in [0.25, 0.3) is 11.1 Å². The second kappa shape index (κ2) is 7.13. The van der Waals surface area contributed by atoms with Crippen LogP contribution in [-0.4, -0.2) is 0 Å². The molecule has 1 saturated carbocycles. The average molecular weight is 292 g/mol. The topological polar surface area (TPSA) is 0 Å². The monoisotopic (exact) mass is 292 g/mol. The minimum absolute atomic E-state index is 0.963. The van der Waals surface area contributed by atoms with E-state index in [-0.39, 0.29) is 0 Å². The lowest BCUT2D eigenvalue weighted by Gasteiger charge is -2.26. The highest BCUT2D eigenvalue weighted by molar-refractivity contribution is 5.63. The standard InChI is InChI=1S/C22H28/c1-17-3-7-19(8-4-17)9-10-20-11-15-22(16-12-20)21-13-5-18(2)6-14-21/h5-6,11-17,19H,3-4,7-10H2,1-2H3. The van der Waals surface area contributed by atoms with Crippen LogP contribution in [0.2, 0.25) is 0 Å². The number of hydrogen-bond acceptors (Lipinski definition) is 0. The number of hydrogen-bond donors (Lipinski definition) is 0. The molecule has 0 heterocycles. The Hall–Kier alpha value is -1.56. The molecule has 0 heteroatoms. The number of aryl methyl sites for hydroxylation is 2. The Bertz CT molecular complexity index is 568. The highest BCUT2D eigenvalue weighted by Gasteiger charge is 2.17. The van der Waals surface area contributed by atoms with Crippen molar-refractivity contribution in [1.29, 1.82) is 0 Å². The maximum atomic E-state index is 2.40. The zero-order valence-corrected chi connectivity index (χ0v) is 14.0. The van der Waals surface area contributed by atoms with Gasteiger partial charge < -0.3 is 0 Å². The minimum Gasteiger partial charge on any atom is -0.0625 e. The summed E-state index contributed by atoms with van der Waals surface area (Å²) in [4.78, 5) is 0. The Balaban J connectivity index is 1.56. The maximum absolute atomic E-state index is 2.40. The number of benzene rings is 2. The molecular weight excluding hydrogens is 264 g/mol. The SMILES string of the molecule is Cc1ccc(-c2ccc(CCC3CCC(C)CC3)cc2)cc1. The molecule has 1 aliphatic rings. The van der Waals surface area contributed by atoms with Crippen molar-refractivity contribution < 1.29 is 0 Å². The van der Waals surface area contributed by atoms with Gasteiger partial charge in [-0.05, 0) is 48.3 Å². The van der Waals surface area contributed by atoms with E-state index >= 15 is 0 Å². The van der Waals surface area contributed by atoms with Gasteiger partial charge in [-0.1, -0.05) is 86.7 Å². The first-order chi connectivity index (χ1) is 10.7. The molecule has 0 N–H and O–H groups in total. The van der Waals surface area contributed by atoms with Gasteiger partial charge in [0.2, 0.25) is 0 Å². The van der Waals surface area contributed by atoms with Gasteiger partial charge in [-0.25, -0.2) is 0 Å². The summed E-state index contributed by atoms with van der Waals surface area (Å²) in [6, 6.07) is 18.0. The molecule has 2 aromatic carbocycles. The van der Waals surface area contributed by atoms with Crippen LogP contribution in [0.5, 0.6) is 0 Å². The Morgan fingerprint density at radius 1 is 0.773 bits per heavy atom. The van der Waals surface area contributed by atoms with E-state index in [9.17, 15) is 0 Å². The van der Waals surface area contributed by atoms with Crippen LogP contribution in [0, 0.1) is 18.8 Å². The normalized spacial score (nSPS) is 21.7. The third-order valence-electron chi connectivity index (χ3n) is 5.32. The quantitative estimate of drug-likeness (QED) is 0.610. The molecule has 0 unspecified atom stereocenters. The lowest BCUT2D eigenvalue weighted by atomic mass is 9.80. The summed E-state index contributed by atoms with van der Waals surface area (Å²) in [5.74, 6) is 1.93. The third-order valence-corrected chi connectivity index (χ3v) is 5.32. The first-order valence-electron chi connectivity index (χ1n) is 8.86. The predicted molar refractivity (Wildman–Crippen MR) is 96.1 cm³/mol. The van der Waals surface area contributed by atoms with Crippen LogP contribution < -0.4 is 0 Å². The van der Waals surface area contributed by atoms with Crippen molar-refractivity contribution in [1.82, 2.24) is 0 Å². The highest BCUT2D eigenvalue weighted by Crippen LogP contribution is 2.31. The van der Waals surface area contributed by atoms with Crippen molar-refractivity contribution in [2.45, 2.75) is 52.4 Å². The second-order valence-electron chi connectivity index (χ2n) is 7.23. The summed E-state index contributed by atoms with van der Waals surface area (Å²) in [6.07, 6.45) is 8.39. The van der Waals surface area contributed by atoms with Crippen LogP contribution in [0.1, 0.15) is 50.2 Å². The number of rotatable bonds is 4.